The van der Waals surface area contributed by atoms with Crippen molar-refractivity contribution in [3.63, 3.8) is 0 Å². The van der Waals surface area contributed by atoms with Gasteiger partial charge in [-0.3, -0.25) is 14.4 Å². The van der Waals surface area contributed by atoms with Crippen LogP contribution in [0.1, 0.15) is 53.0 Å². The maximum Gasteiger partial charge on any atom is 0.322 e. The van der Waals surface area contributed by atoms with E-state index in [-0.39, 0.29) is 23.4 Å². The average molecular weight is 359 g/mol. The van der Waals surface area contributed by atoms with E-state index in [1.807, 2.05) is 19.9 Å². The molecular formula is C18H21N3O5. The van der Waals surface area contributed by atoms with Gasteiger partial charge in [-0.1, -0.05) is 38.5 Å². The Balaban J connectivity index is 2.16. The molecule has 2 amide bonds. The normalized spacial score (nSPS) is 12.8. The topological polar surface area (TPSA) is 122 Å². The molecule has 2 rings (SSSR count). The number of nitrogens with zero attached hydrogens (tertiary/aromatic N) is 1. The van der Waals surface area contributed by atoms with E-state index in [9.17, 15) is 14.4 Å². The van der Waals surface area contributed by atoms with E-state index in [0.29, 0.717) is 5.56 Å². The highest BCUT2D eigenvalue weighted by atomic mass is 16.4. The Morgan fingerprint density at radius 3 is 2.50 bits per heavy atom. The molecule has 2 atom stereocenters. The largest absolute Gasteiger partial charge is 0.480 e. The van der Waals surface area contributed by atoms with E-state index in [1.54, 1.807) is 24.3 Å². The number of aliphatic carboxylic acids is 1. The van der Waals surface area contributed by atoms with Crippen molar-refractivity contribution >= 4 is 17.8 Å². The Morgan fingerprint density at radius 1 is 1.19 bits per heavy atom. The molecule has 0 radical (unpaired) electrons. The molecule has 1 aromatic carbocycles. The van der Waals surface area contributed by atoms with Crippen molar-refractivity contribution in [2.75, 3.05) is 6.54 Å². The number of hydrogen-bond acceptors (Lipinski definition) is 5. The number of oxazole rings is 1. The molecule has 8 heteroatoms. The molecule has 2 aromatic rings. The van der Waals surface area contributed by atoms with Gasteiger partial charge in [0.15, 0.2) is 5.69 Å². The first kappa shape index (κ1) is 19.2. The second-order valence-electron chi connectivity index (χ2n) is 5.85. The predicted molar refractivity (Wildman–Crippen MR) is 92.6 cm³/mol. The maximum atomic E-state index is 12.4. The van der Waals surface area contributed by atoms with Gasteiger partial charge in [0.1, 0.15) is 18.8 Å². The highest BCUT2D eigenvalue weighted by molar-refractivity contribution is 5.95. The van der Waals surface area contributed by atoms with Gasteiger partial charge < -0.3 is 20.2 Å². The van der Waals surface area contributed by atoms with Crippen LogP contribution in [-0.2, 0) is 4.79 Å². The minimum atomic E-state index is -1.16. The number of carboxylic acid groups (broad SMARTS) is 1. The lowest BCUT2D eigenvalue weighted by molar-refractivity contribution is -0.135. The van der Waals surface area contributed by atoms with E-state index in [1.165, 1.54) is 0 Å². The van der Waals surface area contributed by atoms with Crippen LogP contribution in [0, 0.1) is 5.92 Å². The molecular weight excluding hydrogens is 338 g/mol. The minimum absolute atomic E-state index is 0.0104. The van der Waals surface area contributed by atoms with Gasteiger partial charge >= 0.3 is 5.97 Å². The Hall–Kier alpha value is -3.16. The summed E-state index contributed by atoms with van der Waals surface area (Å²) < 4.78 is 5.38. The fraction of sp³-hybridized carbons (Fsp3) is 0.333. The van der Waals surface area contributed by atoms with Crippen LogP contribution in [-0.4, -0.2) is 34.4 Å². The summed E-state index contributed by atoms with van der Waals surface area (Å²) >= 11 is 0. The summed E-state index contributed by atoms with van der Waals surface area (Å²) in [7, 11) is 0. The summed E-state index contributed by atoms with van der Waals surface area (Å²) in [6, 6.07) is 8.23. The summed E-state index contributed by atoms with van der Waals surface area (Å²) in [5.41, 5.74) is 0.468. The number of aromatic nitrogens is 1. The highest BCUT2D eigenvalue weighted by Crippen LogP contribution is 2.24. The Labute approximate surface area is 150 Å². The molecule has 0 aliphatic carbocycles. The fourth-order valence-corrected chi connectivity index (χ4v) is 2.28. The van der Waals surface area contributed by atoms with Gasteiger partial charge in [-0.05, 0) is 18.1 Å². The van der Waals surface area contributed by atoms with Crippen LogP contribution in [0.2, 0.25) is 0 Å². The standard InChI is InChI=1S/C18H21N3O5/c1-3-11(2)15(21-16(24)12-7-5-4-6-8-12)18-20-13(10-26-18)17(25)19-9-14(22)23/h4-8,10-11,15H,3,9H2,1-2H3,(H,19,25)(H,21,24)(H,22,23)/t11-,15-/m0/s1. The van der Waals surface area contributed by atoms with Gasteiger partial charge in [-0.25, -0.2) is 4.98 Å². The van der Waals surface area contributed by atoms with Crippen LogP contribution >= 0.6 is 0 Å². The molecule has 0 aliphatic rings. The predicted octanol–water partition coefficient (Wildman–Crippen LogP) is 2.01. The molecule has 0 saturated heterocycles. The smallest absolute Gasteiger partial charge is 0.322 e. The van der Waals surface area contributed by atoms with Gasteiger partial charge in [0.2, 0.25) is 5.89 Å². The number of benzene rings is 1. The Kier molecular flexibility index (Phi) is 6.48. The van der Waals surface area contributed by atoms with Crippen LogP contribution in [0.3, 0.4) is 0 Å². The third-order valence-corrected chi connectivity index (χ3v) is 3.96. The molecule has 8 nitrogen and oxygen atoms in total. The second kappa shape index (κ2) is 8.80. The third kappa shape index (κ3) is 4.92. The molecule has 0 bridgehead atoms. The second-order valence-corrected chi connectivity index (χ2v) is 5.85. The van der Waals surface area contributed by atoms with Gasteiger partial charge in [0, 0.05) is 5.56 Å². The van der Waals surface area contributed by atoms with E-state index >= 15 is 0 Å². The van der Waals surface area contributed by atoms with Crippen LogP contribution in [0.5, 0.6) is 0 Å². The minimum Gasteiger partial charge on any atom is -0.480 e. The zero-order valence-corrected chi connectivity index (χ0v) is 14.6. The van der Waals surface area contributed by atoms with Crippen molar-refractivity contribution in [1.82, 2.24) is 15.6 Å². The first-order valence-corrected chi connectivity index (χ1v) is 8.23. The molecule has 1 aromatic heterocycles. The molecule has 26 heavy (non-hydrogen) atoms. The number of carbonyl (C=O) groups excluding carboxylic acids is 2. The average Bonchev–Trinajstić information content (AvgIpc) is 3.13. The van der Waals surface area contributed by atoms with Crippen LogP contribution < -0.4 is 10.6 Å². The highest BCUT2D eigenvalue weighted by Gasteiger charge is 2.26. The molecule has 1 heterocycles. The molecule has 0 fully saturated rings. The summed E-state index contributed by atoms with van der Waals surface area (Å²) in [6.45, 7) is 3.39. The van der Waals surface area contributed by atoms with Crippen LogP contribution in [0.25, 0.3) is 0 Å². The number of rotatable bonds is 8. The van der Waals surface area contributed by atoms with Crippen molar-refractivity contribution in [1.29, 1.82) is 0 Å². The molecule has 0 aliphatic heterocycles. The van der Waals surface area contributed by atoms with Crippen LogP contribution in [0.4, 0.5) is 0 Å². The first-order chi connectivity index (χ1) is 12.4. The molecule has 138 valence electrons. The number of carbonyl (C=O) groups is 3. The first-order valence-electron chi connectivity index (χ1n) is 8.23. The van der Waals surface area contributed by atoms with E-state index < -0.39 is 24.5 Å². The summed E-state index contributed by atoms with van der Waals surface area (Å²) in [5.74, 6) is -1.87. The number of carboxylic acids is 1. The zero-order chi connectivity index (χ0) is 19.1. The quantitative estimate of drug-likeness (QED) is 0.663. The Morgan fingerprint density at radius 2 is 1.88 bits per heavy atom. The number of amides is 2. The lowest BCUT2D eigenvalue weighted by atomic mass is 9.98. The molecule has 3 N–H and O–H groups in total. The van der Waals surface area contributed by atoms with Gasteiger partial charge in [-0.15, -0.1) is 0 Å². The molecule has 0 saturated carbocycles. The van der Waals surface area contributed by atoms with E-state index in [4.69, 9.17) is 9.52 Å². The maximum absolute atomic E-state index is 12.4. The van der Waals surface area contributed by atoms with Gasteiger partial charge in [-0.2, -0.15) is 0 Å². The monoisotopic (exact) mass is 359 g/mol. The van der Waals surface area contributed by atoms with Crippen molar-refractivity contribution in [2.24, 2.45) is 5.92 Å². The van der Waals surface area contributed by atoms with Gasteiger partial charge in [0.05, 0.1) is 0 Å². The van der Waals surface area contributed by atoms with Crippen molar-refractivity contribution in [3.05, 3.63) is 53.7 Å². The summed E-state index contributed by atoms with van der Waals surface area (Å²) in [5, 5.41) is 13.7. The molecule has 0 spiro atoms. The lowest BCUT2D eigenvalue weighted by Crippen LogP contribution is -2.33. The molecule has 0 unspecified atom stereocenters. The van der Waals surface area contributed by atoms with E-state index in [2.05, 4.69) is 15.6 Å². The van der Waals surface area contributed by atoms with Crippen LogP contribution in [0.15, 0.2) is 41.0 Å². The zero-order valence-electron chi connectivity index (χ0n) is 14.6. The number of hydrogen-bond donors (Lipinski definition) is 3. The van der Waals surface area contributed by atoms with Crippen molar-refractivity contribution < 1.29 is 23.9 Å². The SMILES string of the molecule is CC[C@H](C)[C@H](NC(=O)c1ccccc1)c1nc(C(=O)NCC(=O)O)co1. The van der Waals surface area contributed by atoms with Crippen molar-refractivity contribution in [2.45, 2.75) is 26.3 Å². The van der Waals surface area contributed by atoms with E-state index in [0.717, 1.165) is 12.7 Å². The fourth-order valence-electron chi connectivity index (χ4n) is 2.28. The van der Waals surface area contributed by atoms with Gasteiger partial charge in [0.25, 0.3) is 11.8 Å². The lowest BCUT2D eigenvalue weighted by Gasteiger charge is -2.21. The van der Waals surface area contributed by atoms with Crippen molar-refractivity contribution in [3.8, 4) is 0 Å². The third-order valence-electron chi connectivity index (χ3n) is 3.96. The summed E-state index contributed by atoms with van der Waals surface area (Å²) in [4.78, 5) is 39.0. The Bertz CT molecular complexity index is 772. The summed E-state index contributed by atoms with van der Waals surface area (Å²) in [6.07, 6.45) is 1.90. The number of nitrogens with one attached hydrogen (secondary N) is 2.